The summed E-state index contributed by atoms with van der Waals surface area (Å²) in [5, 5.41) is 9.82. The summed E-state index contributed by atoms with van der Waals surface area (Å²) in [6.07, 6.45) is 2.72. The van der Waals surface area contributed by atoms with Crippen molar-refractivity contribution in [1.29, 1.82) is 0 Å². The molecule has 2 aliphatic rings. The van der Waals surface area contributed by atoms with Crippen molar-refractivity contribution in [2.45, 2.75) is 64.1 Å². The predicted molar refractivity (Wildman–Crippen MR) is 155 cm³/mol. The first kappa shape index (κ1) is 28.4. The smallest absolute Gasteiger partial charge is 0.335 e. The second-order valence-electron chi connectivity index (χ2n) is 10.8. The zero-order chi connectivity index (χ0) is 29.2. The minimum Gasteiger partial charge on any atom is -0.484 e. The monoisotopic (exact) mass is 594 g/mol. The van der Waals surface area contributed by atoms with Gasteiger partial charge < -0.3 is 23.9 Å². The van der Waals surface area contributed by atoms with Crippen molar-refractivity contribution in [2.24, 2.45) is 0 Å². The van der Waals surface area contributed by atoms with Crippen molar-refractivity contribution in [1.82, 2.24) is 19.4 Å². The van der Waals surface area contributed by atoms with Crippen molar-refractivity contribution >= 4 is 28.6 Å². The molecule has 6 rings (SSSR count). The van der Waals surface area contributed by atoms with E-state index in [9.17, 15) is 14.3 Å². The second-order valence-corrected chi connectivity index (χ2v) is 11.3. The quantitative estimate of drug-likeness (QED) is 0.249. The molecule has 220 valence electrons. The van der Waals surface area contributed by atoms with E-state index in [2.05, 4.69) is 21.4 Å². The third-order valence-electron chi connectivity index (χ3n) is 7.90. The van der Waals surface area contributed by atoms with Gasteiger partial charge in [0.1, 0.15) is 18.5 Å². The van der Waals surface area contributed by atoms with Gasteiger partial charge >= 0.3 is 5.97 Å². The number of likely N-dealkylation sites (tertiary alicyclic amines) is 1. The van der Waals surface area contributed by atoms with E-state index in [-0.39, 0.29) is 36.2 Å². The summed E-state index contributed by atoms with van der Waals surface area (Å²) in [6, 6.07) is 15.1. The summed E-state index contributed by atoms with van der Waals surface area (Å²) in [5.41, 5.74) is 2.49. The van der Waals surface area contributed by atoms with Crippen molar-refractivity contribution < 1.29 is 28.5 Å². The van der Waals surface area contributed by atoms with E-state index >= 15 is 0 Å². The van der Waals surface area contributed by atoms with Gasteiger partial charge in [0.2, 0.25) is 5.88 Å². The van der Waals surface area contributed by atoms with Crippen molar-refractivity contribution in [3.63, 3.8) is 0 Å². The van der Waals surface area contributed by atoms with Crippen molar-refractivity contribution in [3.8, 4) is 11.6 Å². The number of aromatic carboxylic acids is 1. The number of carboxylic acids is 1. The Morgan fingerprint density at radius 3 is 2.76 bits per heavy atom. The fraction of sp³-hybridized carbons (Fsp3) is 0.387. The molecular weight excluding hydrogens is 563 g/mol. The molecule has 42 heavy (non-hydrogen) atoms. The molecule has 2 saturated heterocycles. The third-order valence-corrected chi connectivity index (χ3v) is 8.14. The molecule has 0 radical (unpaired) electrons. The van der Waals surface area contributed by atoms with Gasteiger partial charge in [-0.3, -0.25) is 4.90 Å². The number of hydrogen-bond acceptors (Lipinski definition) is 7. The number of ether oxygens (including phenoxy) is 3. The van der Waals surface area contributed by atoms with Crippen LogP contribution >= 0.6 is 11.6 Å². The number of benzene rings is 2. The summed E-state index contributed by atoms with van der Waals surface area (Å²) in [6.45, 7) is 5.14. The van der Waals surface area contributed by atoms with Gasteiger partial charge in [0.05, 0.1) is 41.5 Å². The van der Waals surface area contributed by atoms with Crippen LogP contribution in [-0.2, 0) is 24.4 Å². The lowest BCUT2D eigenvalue weighted by Crippen LogP contribution is -2.44. The highest BCUT2D eigenvalue weighted by Crippen LogP contribution is 2.27. The summed E-state index contributed by atoms with van der Waals surface area (Å²) in [5.74, 6) is 0.0535. The predicted octanol–water partition coefficient (Wildman–Crippen LogP) is 5.72. The number of aromatic nitrogens is 3. The van der Waals surface area contributed by atoms with Crippen LogP contribution in [0.25, 0.3) is 11.0 Å². The van der Waals surface area contributed by atoms with E-state index < -0.39 is 11.8 Å². The summed E-state index contributed by atoms with van der Waals surface area (Å²) < 4.78 is 33.7. The minimum atomic E-state index is -0.954. The molecule has 4 aromatic rings. The number of imidazole rings is 1. The number of carboxylic acid groups (broad SMARTS) is 1. The fourth-order valence-electron chi connectivity index (χ4n) is 5.48. The minimum absolute atomic E-state index is 0.00561. The molecule has 3 atom stereocenters. The topological polar surface area (TPSA) is 98.9 Å². The van der Waals surface area contributed by atoms with Gasteiger partial charge in [0.25, 0.3) is 0 Å². The van der Waals surface area contributed by atoms with Crippen LogP contribution < -0.4 is 9.47 Å². The molecule has 0 amide bonds. The molecule has 1 N–H and O–H groups in total. The summed E-state index contributed by atoms with van der Waals surface area (Å²) in [7, 11) is 0. The molecule has 9 nitrogen and oxygen atoms in total. The average molecular weight is 595 g/mol. The maximum Gasteiger partial charge on any atom is 0.335 e. The Morgan fingerprint density at radius 2 is 2.02 bits per heavy atom. The molecular formula is C31H32ClFN4O5. The number of hydrogen-bond donors (Lipinski definition) is 1. The Labute approximate surface area is 247 Å². The van der Waals surface area contributed by atoms with Crippen LogP contribution in [0.1, 0.15) is 48.1 Å². The largest absolute Gasteiger partial charge is 0.484 e. The molecule has 0 aliphatic carbocycles. The molecule has 11 heteroatoms. The van der Waals surface area contributed by atoms with Crippen LogP contribution in [-0.4, -0.2) is 61.9 Å². The second kappa shape index (κ2) is 12.2. The molecule has 0 unspecified atom stereocenters. The number of piperidine rings is 1. The van der Waals surface area contributed by atoms with Gasteiger partial charge in [0, 0.05) is 30.3 Å². The number of nitrogens with zero attached hydrogens (tertiary/aromatic N) is 4. The highest BCUT2D eigenvalue weighted by molar-refractivity contribution is 6.30. The molecule has 0 bridgehead atoms. The van der Waals surface area contributed by atoms with Crippen LogP contribution in [0.3, 0.4) is 0 Å². The Morgan fingerprint density at radius 1 is 1.17 bits per heavy atom. The number of pyridine rings is 1. The molecule has 0 spiro atoms. The van der Waals surface area contributed by atoms with Gasteiger partial charge in [-0.1, -0.05) is 17.7 Å². The molecule has 4 heterocycles. The maximum absolute atomic E-state index is 14.1. The van der Waals surface area contributed by atoms with E-state index in [0.29, 0.717) is 29.7 Å². The van der Waals surface area contributed by atoms with Crippen LogP contribution in [0.4, 0.5) is 4.39 Å². The number of rotatable bonds is 10. The standard InChI is InChI=1S/C31H32ClFN4O5/c1-19-13-23(42-30-4-2-3-22(34-30)18-41-28-8-6-21(32)15-25(28)33)9-11-36(19)17-29-35-26-7-5-20(31(38)39)14-27(26)37(29)16-24-10-12-40-24/h2-8,14-15,19,23-24H,9-13,16-18H2,1H3,(H,38,39)/t19-,23-,24-/m0/s1. The summed E-state index contributed by atoms with van der Waals surface area (Å²) in [4.78, 5) is 23.4. The molecule has 0 saturated carbocycles. The van der Waals surface area contributed by atoms with E-state index in [1.165, 1.54) is 12.1 Å². The zero-order valence-electron chi connectivity index (χ0n) is 23.2. The zero-order valence-corrected chi connectivity index (χ0v) is 24.0. The van der Waals surface area contributed by atoms with Gasteiger partial charge in [-0.15, -0.1) is 0 Å². The van der Waals surface area contributed by atoms with Crippen LogP contribution in [0.2, 0.25) is 5.02 Å². The maximum atomic E-state index is 14.1. The molecule has 2 fully saturated rings. The number of halogens is 2. The normalized spacial score (nSPS) is 20.8. The first-order valence-corrected chi connectivity index (χ1v) is 14.5. The lowest BCUT2D eigenvalue weighted by atomic mass is 10.0. The SMILES string of the molecule is C[C@H]1C[C@@H](Oc2cccc(COc3ccc(Cl)cc3F)n2)CCN1Cc1nc2ccc(C(=O)O)cc2n1C[C@@H]1CCO1. The summed E-state index contributed by atoms with van der Waals surface area (Å²) >= 11 is 5.82. The van der Waals surface area contributed by atoms with E-state index in [4.69, 9.17) is 30.8 Å². The van der Waals surface area contributed by atoms with E-state index in [0.717, 1.165) is 49.3 Å². The number of fused-ring (bicyclic) bond motifs is 1. The van der Waals surface area contributed by atoms with E-state index in [1.54, 1.807) is 24.3 Å². The third kappa shape index (κ3) is 6.35. The van der Waals surface area contributed by atoms with Crippen LogP contribution in [0, 0.1) is 5.82 Å². The fourth-order valence-corrected chi connectivity index (χ4v) is 5.64. The highest BCUT2D eigenvalue weighted by Gasteiger charge is 2.29. The Kier molecular flexibility index (Phi) is 8.28. The first-order valence-electron chi connectivity index (χ1n) is 14.1. The first-order chi connectivity index (χ1) is 20.3. The lowest BCUT2D eigenvalue weighted by Gasteiger charge is -2.37. The van der Waals surface area contributed by atoms with E-state index in [1.807, 2.05) is 18.2 Å². The molecule has 2 aliphatic heterocycles. The highest BCUT2D eigenvalue weighted by atomic mass is 35.5. The van der Waals surface area contributed by atoms with Gasteiger partial charge in [-0.2, -0.15) is 0 Å². The van der Waals surface area contributed by atoms with Crippen LogP contribution in [0.15, 0.2) is 54.6 Å². The molecule has 2 aromatic heterocycles. The average Bonchev–Trinajstić information content (AvgIpc) is 3.28. The Bertz CT molecular complexity index is 1590. The van der Waals surface area contributed by atoms with Crippen molar-refractivity contribution in [2.75, 3.05) is 13.2 Å². The Balaban J connectivity index is 1.09. The van der Waals surface area contributed by atoms with Crippen LogP contribution in [0.5, 0.6) is 11.6 Å². The van der Waals surface area contributed by atoms with Gasteiger partial charge in [-0.25, -0.2) is 19.2 Å². The van der Waals surface area contributed by atoms with Gasteiger partial charge in [0.15, 0.2) is 11.6 Å². The van der Waals surface area contributed by atoms with Gasteiger partial charge in [-0.05, 0) is 68.7 Å². The molecule has 2 aromatic carbocycles. The Hall–Kier alpha value is -3.73. The number of carbonyl (C=O) groups is 1. The lowest BCUT2D eigenvalue weighted by molar-refractivity contribution is -0.0593. The van der Waals surface area contributed by atoms with Crippen molar-refractivity contribution in [3.05, 3.63) is 82.5 Å².